The standard InChI is InChI=1S/C17H13ClF3NO/c1-11-10-13(23-17(19,20)21)7-8-15(11)22-9-3-5-12-4-2-6-14(18)16(12)22/h2-4,6-10H,5H2,1H3. The third-order valence-corrected chi connectivity index (χ3v) is 3.87. The molecule has 0 fully saturated rings. The van der Waals surface area contributed by atoms with Crippen LogP contribution in [-0.2, 0) is 6.42 Å². The van der Waals surface area contributed by atoms with Gasteiger partial charge in [0.2, 0.25) is 0 Å². The summed E-state index contributed by atoms with van der Waals surface area (Å²) in [5.74, 6) is -0.237. The van der Waals surface area contributed by atoms with Crippen LogP contribution in [0.25, 0.3) is 0 Å². The van der Waals surface area contributed by atoms with Crippen LogP contribution in [0.2, 0.25) is 5.02 Å². The average Bonchev–Trinajstić information content (AvgIpc) is 2.45. The third kappa shape index (κ3) is 3.29. The van der Waals surface area contributed by atoms with Crippen molar-refractivity contribution in [3.05, 3.63) is 64.8 Å². The van der Waals surface area contributed by atoms with Crippen LogP contribution in [0.4, 0.5) is 24.5 Å². The van der Waals surface area contributed by atoms with Gasteiger partial charge in [0.05, 0.1) is 10.7 Å². The van der Waals surface area contributed by atoms with Crippen molar-refractivity contribution in [3.63, 3.8) is 0 Å². The molecule has 3 rings (SSSR count). The minimum absolute atomic E-state index is 0.237. The summed E-state index contributed by atoms with van der Waals surface area (Å²) in [7, 11) is 0. The highest BCUT2D eigenvalue weighted by atomic mass is 35.5. The van der Waals surface area contributed by atoms with Gasteiger partial charge in [0.25, 0.3) is 0 Å². The first-order valence-electron chi connectivity index (χ1n) is 6.95. The summed E-state index contributed by atoms with van der Waals surface area (Å²) in [6, 6.07) is 9.92. The highest BCUT2D eigenvalue weighted by Crippen LogP contribution is 2.40. The molecule has 120 valence electrons. The van der Waals surface area contributed by atoms with Gasteiger partial charge in [-0.1, -0.05) is 29.8 Å². The zero-order valence-corrected chi connectivity index (χ0v) is 12.9. The van der Waals surface area contributed by atoms with Crippen molar-refractivity contribution in [2.24, 2.45) is 0 Å². The molecule has 0 aromatic heterocycles. The zero-order chi connectivity index (χ0) is 16.6. The van der Waals surface area contributed by atoms with Crippen LogP contribution < -0.4 is 9.64 Å². The van der Waals surface area contributed by atoms with Gasteiger partial charge in [0.1, 0.15) is 5.75 Å². The molecular formula is C17H13ClF3NO. The van der Waals surface area contributed by atoms with E-state index in [2.05, 4.69) is 4.74 Å². The van der Waals surface area contributed by atoms with Gasteiger partial charge in [-0.3, -0.25) is 0 Å². The highest BCUT2D eigenvalue weighted by molar-refractivity contribution is 6.33. The predicted molar refractivity (Wildman–Crippen MR) is 84.3 cm³/mol. The fraction of sp³-hybridized carbons (Fsp3) is 0.176. The fourth-order valence-corrected chi connectivity index (χ4v) is 2.94. The largest absolute Gasteiger partial charge is 0.573 e. The van der Waals surface area contributed by atoms with E-state index >= 15 is 0 Å². The molecule has 2 aromatic rings. The Hall–Kier alpha value is -2.14. The van der Waals surface area contributed by atoms with Crippen LogP contribution >= 0.6 is 11.6 Å². The number of benzene rings is 2. The second-order valence-corrected chi connectivity index (χ2v) is 5.61. The van der Waals surface area contributed by atoms with E-state index in [1.807, 2.05) is 29.3 Å². The van der Waals surface area contributed by atoms with Crippen molar-refractivity contribution in [3.8, 4) is 5.75 Å². The molecule has 0 spiro atoms. The summed E-state index contributed by atoms with van der Waals surface area (Å²) in [5.41, 5.74) is 3.33. The molecule has 23 heavy (non-hydrogen) atoms. The number of fused-ring (bicyclic) bond motifs is 1. The lowest BCUT2D eigenvalue weighted by molar-refractivity contribution is -0.274. The number of alkyl halides is 3. The number of ether oxygens (including phenoxy) is 1. The molecule has 0 N–H and O–H groups in total. The Labute approximate surface area is 136 Å². The molecule has 2 aromatic carbocycles. The predicted octanol–water partition coefficient (Wildman–Crippen LogP) is 5.75. The first-order valence-corrected chi connectivity index (χ1v) is 7.32. The molecule has 0 saturated carbocycles. The van der Waals surface area contributed by atoms with Gasteiger partial charge in [-0.2, -0.15) is 0 Å². The summed E-state index contributed by atoms with van der Waals surface area (Å²) in [6.45, 7) is 1.73. The molecule has 0 radical (unpaired) electrons. The van der Waals surface area contributed by atoms with Gasteiger partial charge in [-0.25, -0.2) is 0 Å². The minimum Gasteiger partial charge on any atom is -0.406 e. The van der Waals surface area contributed by atoms with Gasteiger partial charge >= 0.3 is 6.36 Å². The van der Waals surface area contributed by atoms with Crippen molar-refractivity contribution in [2.45, 2.75) is 19.7 Å². The number of para-hydroxylation sites is 1. The first-order chi connectivity index (χ1) is 10.8. The van der Waals surface area contributed by atoms with Gasteiger partial charge in [0, 0.05) is 11.9 Å². The smallest absolute Gasteiger partial charge is 0.406 e. The summed E-state index contributed by atoms with van der Waals surface area (Å²) in [5, 5.41) is 0.599. The number of allylic oxidation sites excluding steroid dienone is 1. The number of hydrogen-bond donors (Lipinski definition) is 0. The van der Waals surface area contributed by atoms with Crippen molar-refractivity contribution in [1.82, 2.24) is 0 Å². The summed E-state index contributed by atoms with van der Waals surface area (Å²) < 4.78 is 40.9. The zero-order valence-electron chi connectivity index (χ0n) is 12.2. The maximum absolute atomic E-state index is 12.3. The van der Waals surface area contributed by atoms with Crippen molar-refractivity contribution < 1.29 is 17.9 Å². The quantitative estimate of drug-likeness (QED) is 0.690. The molecule has 1 aliphatic rings. The molecule has 1 aliphatic heterocycles. The Balaban J connectivity index is 2.00. The van der Waals surface area contributed by atoms with Gasteiger partial charge in [-0.05, 0) is 48.7 Å². The first kappa shape index (κ1) is 15.7. The lowest BCUT2D eigenvalue weighted by atomic mass is 10.0. The summed E-state index contributed by atoms with van der Waals surface area (Å²) in [4.78, 5) is 1.88. The van der Waals surface area contributed by atoms with Crippen LogP contribution in [0.15, 0.2) is 48.7 Å². The number of rotatable bonds is 2. The van der Waals surface area contributed by atoms with Gasteiger partial charge in [-0.15, -0.1) is 13.2 Å². The van der Waals surface area contributed by atoms with Crippen LogP contribution in [0, 0.1) is 6.92 Å². The monoisotopic (exact) mass is 339 g/mol. The molecule has 2 nitrogen and oxygen atoms in total. The fourth-order valence-electron chi connectivity index (χ4n) is 2.65. The molecule has 0 aliphatic carbocycles. The molecule has 0 unspecified atom stereocenters. The molecule has 0 saturated heterocycles. The van der Waals surface area contributed by atoms with E-state index in [4.69, 9.17) is 11.6 Å². The lowest BCUT2D eigenvalue weighted by Gasteiger charge is -2.29. The lowest BCUT2D eigenvalue weighted by Crippen LogP contribution is -2.18. The van der Waals surface area contributed by atoms with E-state index in [9.17, 15) is 13.2 Å². The van der Waals surface area contributed by atoms with Crippen LogP contribution in [0.3, 0.4) is 0 Å². The van der Waals surface area contributed by atoms with E-state index in [-0.39, 0.29) is 5.75 Å². The number of aryl methyl sites for hydroxylation is 1. The molecular weight excluding hydrogens is 327 g/mol. The Morgan fingerprint density at radius 3 is 2.65 bits per heavy atom. The van der Waals surface area contributed by atoms with E-state index in [1.165, 1.54) is 12.1 Å². The van der Waals surface area contributed by atoms with Gasteiger partial charge < -0.3 is 9.64 Å². The minimum atomic E-state index is -4.70. The molecule has 0 atom stereocenters. The number of anilines is 2. The Kier molecular flexibility index (Phi) is 3.98. The average molecular weight is 340 g/mol. The Morgan fingerprint density at radius 1 is 1.17 bits per heavy atom. The summed E-state index contributed by atoms with van der Waals surface area (Å²) >= 11 is 6.31. The topological polar surface area (TPSA) is 12.5 Å². The van der Waals surface area contributed by atoms with Crippen molar-refractivity contribution in [1.29, 1.82) is 0 Å². The maximum atomic E-state index is 12.3. The molecule has 0 bridgehead atoms. The second-order valence-electron chi connectivity index (χ2n) is 5.20. The Morgan fingerprint density at radius 2 is 1.96 bits per heavy atom. The van der Waals surface area contributed by atoms with E-state index in [0.29, 0.717) is 10.6 Å². The molecule has 6 heteroatoms. The van der Waals surface area contributed by atoms with Crippen LogP contribution in [0.1, 0.15) is 11.1 Å². The summed E-state index contributed by atoms with van der Waals surface area (Å²) in [6.07, 6.45) is -0.0747. The van der Waals surface area contributed by atoms with Crippen LogP contribution in [-0.4, -0.2) is 6.36 Å². The number of hydrogen-bond acceptors (Lipinski definition) is 2. The number of nitrogens with zero attached hydrogens (tertiary/aromatic N) is 1. The van der Waals surface area contributed by atoms with E-state index in [1.54, 1.807) is 19.1 Å². The van der Waals surface area contributed by atoms with Crippen molar-refractivity contribution >= 4 is 23.0 Å². The number of halogens is 4. The maximum Gasteiger partial charge on any atom is 0.573 e. The SMILES string of the molecule is Cc1cc(OC(F)(F)F)ccc1N1C=CCc2cccc(Cl)c21. The van der Waals surface area contributed by atoms with E-state index in [0.717, 1.165) is 23.4 Å². The van der Waals surface area contributed by atoms with E-state index < -0.39 is 6.36 Å². The van der Waals surface area contributed by atoms with Gasteiger partial charge in [0.15, 0.2) is 0 Å². The normalized spacial score (nSPS) is 13.9. The molecule has 1 heterocycles. The molecule has 0 amide bonds. The third-order valence-electron chi connectivity index (χ3n) is 3.56. The second kappa shape index (κ2) is 5.81. The van der Waals surface area contributed by atoms with Crippen molar-refractivity contribution in [2.75, 3.05) is 4.90 Å². The Bertz CT molecular complexity index is 771. The highest BCUT2D eigenvalue weighted by Gasteiger charge is 2.31. The van der Waals surface area contributed by atoms with Crippen LogP contribution in [0.5, 0.6) is 5.75 Å².